The molecule has 1 rings (SSSR count). The molecule has 92 valence electrons. The van der Waals surface area contributed by atoms with E-state index in [-0.39, 0.29) is 11.4 Å². The average molecular weight is 243 g/mol. The molecule has 0 aromatic carbocycles. The zero-order chi connectivity index (χ0) is 12.4. The number of aliphatic imine (C=N–C) groups is 1. The first-order valence-corrected chi connectivity index (χ1v) is 6.58. The lowest BCUT2D eigenvalue weighted by molar-refractivity contribution is -0.122. The minimum Gasteiger partial charge on any atom is -0.368 e. The lowest BCUT2D eigenvalue weighted by Gasteiger charge is -2.32. The first-order valence-electron chi connectivity index (χ1n) is 5.60. The molecule has 4 nitrogen and oxygen atoms in total. The molecule has 1 amide bonds. The van der Waals surface area contributed by atoms with Crippen molar-refractivity contribution >= 4 is 22.8 Å². The van der Waals surface area contributed by atoms with E-state index < -0.39 is 5.54 Å². The summed E-state index contributed by atoms with van der Waals surface area (Å²) >= 11 is 1.66. The van der Waals surface area contributed by atoms with Gasteiger partial charge in [0.15, 0.2) is 5.17 Å². The Kier molecular flexibility index (Phi) is 3.88. The van der Waals surface area contributed by atoms with Crippen LogP contribution in [0.4, 0.5) is 0 Å². The minimum atomic E-state index is -0.738. The van der Waals surface area contributed by atoms with Gasteiger partial charge in [0.25, 0.3) is 0 Å². The van der Waals surface area contributed by atoms with Gasteiger partial charge in [-0.2, -0.15) is 0 Å². The second-order valence-corrected chi connectivity index (χ2v) is 6.06. The Morgan fingerprint density at radius 2 is 2.31 bits per heavy atom. The van der Waals surface area contributed by atoms with Crippen LogP contribution in [0.5, 0.6) is 0 Å². The quantitative estimate of drug-likeness (QED) is 0.789. The number of nitrogens with one attached hydrogen (secondary N) is 1. The van der Waals surface area contributed by atoms with E-state index in [0.29, 0.717) is 0 Å². The maximum absolute atomic E-state index is 11.2. The summed E-state index contributed by atoms with van der Waals surface area (Å²) < 4.78 is 0. The smallest absolute Gasteiger partial charge is 0.242 e. The summed E-state index contributed by atoms with van der Waals surface area (Å²) in [6, 6.07) is 0. The fraction of sp³-hybridized carbons (Fsp3) is 0.818. The van der Waals surface area contributed by atoms with Gasteiger partial charge in [-0.15, -0.1) is 0 Å². The van der Waals surface area contributed by atoms with Crippen molar-refractivity contribution in [1.82, 2.24) is 5.32 Å². The van der Waals surface area contributed by atoms with E-state index in [9.17, 15) is 4.79 Å². The lowest BCUT2D eigenvalue weighted by Crippen LogP contribution is -2.53. The molecule has 0 radical (unpaired) electrons. The van der Waals surface area contributed by atoms with Crippen molar-refractivity contribution in [3.05, 3.63) is 0 Å². The Morgan fingerprint density at radius 3 is 2.81 bits per heavy atom. The lowest BCUT2D eigenvalue weighted by atomic mass is 9.96. The van der Waals surface area contributed by atoms with Crippen LogP contribution in [0, 0.1) is 0 Å². The molecule has 0 saturated heterocycles. The summed E-state index contributed by atoms with van der Waals surface area (Å²) in [6.07, 6.45) is 2.09. The van der Waals surface area contributed by atoms with Gasteiger partial charge in [0.1, 0.15) is 5.54 Å². The Morgan fingerprint density at radius 1 is 1.69 bits per heavy atom. The molecule has 1 aliphatic rings. The van der Waals surface area contributed by atoms with Gasteiger partial charge in [0, 0.05) is 5.75 Å². The van der Waals surface area contributed by atoms with Crippen LogP contribution in [0.2, 0.25) is 0 Å². The standard InChI is InChI=1S/C11H21N3OS/c1-5-11(4)6-7-16-9(14-11)13-10(2,3)8(12)15/h5-7H2,1-4H3,(H2,12,15)(H,13,14). The molecule has 1 unspecified atom stereocenters. The highest BCUT2D eigenvalue weighted by atomic mass is 32.2. The number of hydrogen-bond acceptors (Lipinski definition) is 4. The fourth-order valence-corrected chi connectivity index (χ4v) is 2.70. The van der Waals surface area contributed by atoms with E-state index in [2.05, 4.69) is 24.2 Å². The molecule has 0 saturated carbocycles. The molecule has 0 aromatic rings. The van der Waals surface area contributed by atoms with E-state index in [4.69, 9.17) is 5.73 Å². The van der Waals surface area contributed by atoms with Crippen LogP contribution in [-0.2, 0) is 4.79 Å². The number of nitrogens with zero attached hydrogens (tertiary/aromatic N) is 1. The summed E-state index contributed by atoms with van der Waals surface area (Å²) in [6.45, 7) is 7.83. The molecule has 3 N–H and O–H groups in total. The highest BCUT2D eigenvalue weighted by molar-refractivity contribution is 8.13. The zero-order valence-corrected chi connectivity index (χ0v) is 11.3. The molecule has 16 heavy (non-hydrogen) atoms. The Hall–Kier alpha value is -0.710. The van der Waals surface area contributed by atoms with Crippen molar-refractivity contribution in [1.29, 1.82) is 0 Å². The first kappa shape index (κ1) is 13.4. The Bertz CT molecular complexity index is 314. The second kappa shape index (κ2) is 4.65. The summed E-state index contributed by atoms with van der Waals surface area (Å²) in [4.78, 5) is 15.9. The van der Waals surface area contributed by atoms with Gasteiger partial charge in [-0.05, 0) is 33.6 Å². The number of amidine groups is 1. The summed E-state index contributed by atoms with van der Waals surface area (Å²) in [7, 11) is 0. The molecule has 1 heterocycles. The van der Waals surface area contributed by atoms with Crippen LogP contribution in [0.3, 0.4) is 0 Å². The summed E-state index contributed by atoms with van der Waals surface area (Å²) in [5, 5.41) is 3.96. The SMILES string of the molecule is CCC1(C)CCSC(NC(C)(C)C(N)=O)=N1. The third kappa shape index (κ3) is 3.14. The molecule has 1 aliphatic heterocycles. The van der Waals surface area contributed by atoms with Gasteiger partial charge in [-0.25, -0.2) is 0 Å². The highest BCUT2D eigenvalue weighted by Crippen LogP contribution is 2.29. The first-order chi connectivity index (χ1) is 7.29. The Labute approximate surface area is 101 Å². The van der Waals surface area contributed by atoms with Gasteiger partial charge in [0.05, 0.1) is 5.54 Å². The van der Waals surface area contributed by atoms with Crippen LogP contribution in [0.25, 0.3) is 0 Å². The van der Waals surface area contributed by atoms with Crippen LogP contribution >= 0.6 is 11.8 Å². The molecule has 0 fully saturated rings. The van der Waals surface area contributed by atoms with Gasteiger partial charge < -0.3 is 11.1 Å². The van der Waals surface area contributed by atoms with E-state index in [1.165, 1.54) is 0 Å². The molecule has 0 aliphatic carbocycles. The number of rotatable bonds is 3. The van der Waals surface area contributed by atoms with Crippen molar-refractivity contribution < 1.29 is 4.79 Å². The largest absolute Gasteiger partial charge is 0.368 e. The third-order valence-electron chi connectivity index (χ3n) is 3.05. The number of amides is 1. The van der Waals surface area contributed by atoms with Crippen LogP contribution < -0.4 is 11.1 Å². The van der Waals surface area contributed by atoms with Crippen LogP contribution in [-0.4, -0.2) is 27.9 Å². The number of carbonyl (C=O) groups is 1. The Balaban J connectivity index is 2.78. The monoisotopic (exact) mass is 243 g/mol. The average Bonchev–Trinajstić information content (AvgIpc) is 2.17. The predicted molar refractivity (Wildman–Crippen MR) is 69.6 cm³/mol. The van der Waals surface area contributed by atoms with E-state index in [1.807, 2.05) is 0 Å². The predicted octanol–water partition coefficient (Wildman–Crippen LogP) is 1.50. The number of nitrogens with two attached hydrogens (primary N) is 1. The highest BCUT2D eigenvalue weighted by Gasteiger charge is 2.31. The van der Waals surface area contributed by atoms with Gasteiger partial charge >= 0.3 is 0 Å². The second-order valence-electron chi connectivity index (χ2n) is 4.98. The molecule has 0 bridgehead atoms. The number of primary amides is 1. The van der Waals surface area contributed by atoms with Crippen molar-refractivity contribution in [3.63, 3.8) is 0 Å². The molecular formula is C11H21N3OS. The molecule has 0 aromatic heterocycles. The maximum atomic E-state index is 11.2. The van der Waals surface area contributed by atoms with Gasteiger partial charge in [-0.3, -0.25) is 9.79 Å². The summed E-state index contributed by atoms with van der Waals surface area (Å²) in [5.41, 5.74) is 4.58. The number of hydrogen-bond donors (Lipinski definition) is 2. The zero-order valence-electron chi connectivity index (χ0n) is 10.5. The van der Waals surface area contributed by atoms with Crippen molar-refractivity contribution in [2.45, 2.75) is 51.6 Å². The van der Waals surface area contributed by atoms with Crippen molar-refractivity contribution in [3.8, 4) is 0 Å². The molecule has 0 spiro atoms. The molecule has 1 atom stereocenters. The number of thioether (sulfide) groups is 1. The summed E-state index contributed by atoms with van der Waals surface area (Å²) in [5.74, 6) is 0.671. The van der Waals surface area contributed by atoms with E-state index in [1.54, 1.807) is 25.6 Å². The molecule has 5 heteroatoms. The van der Waals surface area contributed by atoms with Gasteiger partial charge in [-0.1, -0.05) is 18.7 Å². The number of carbonyl (C=O) groups excluding carboxylic acids is 1. The maximum Gasteiger partial charge on any atom is 0.242 e. The molecular weight excluding hydrogens is 222 g/mol. The van der Waals surface area contributed by atoms with Crippen molar-refractivity contribution in [2.75, 3.05) is 5.75 Å². The van der Waals surface area contributed by atoms with E-state index >= 15 is 0 Å². The van der Waals surface area contributed by atoms with Crippen LogP contribution in [0.1, 0.15) is 40.5 Å². The van der Waals surface area contributed by atoms with Crippen molar-refractivity contribution in [2.24, 2.45) is 10.7 Å². The minimum absolute atomic E-state index is 0.00130. The van der Waals surface area contributed by atoms with E-state index in [0.717, 1.165) is 23.8 Å². The fourth-order valence-electron chi connectivity index (χ4n) is 1.35. The van der Waals surface area contributed by atoms with Gasteiger partial charge in [0.2, 0.25) is 5.91 Å². The third-order valence-corrected chi connectivity index (χ3v) is 3.92. The topological polar surface area (TPSA) is 67.5 Å². The van der Waals surface area contributed by atoms with Crippen LogP contribution in [0.15, 0.2) is 4.99 Å². The normalized spacial score (nSPS) is 26.1.